The van der Waals surface area contributed by atoms with Gasteiger partial charge in [-0.05, 0) is 17.7 Å². The van der Waals surface area contributed by atoms with Crippen LogP contribution in [0.5, 0.6) is 0 Å². The van der Waals surface area contributed by atoms with Gasteiger partial charge in [-0.3, -0.25) is 4.79 Å². The molecule has 3 heterocycles. The molecule has 156 valence electrons. The van der Waals surface area contributed by atoms with Crippen LogP contribution in [0.15, 0.2) is 36.5 Å². The topological polar surface area (TPSA) is 95.3 Å². The molecule has 0 atom stereocenters. The van der Waals surface area contributed by atoms with Crippen LogP contribution < -0.4 is 4.90 Å². The van der Waals surface area contributed by atoms with E-state index >= 15 is 0 Å². The number of anilines is 1. The molecule has 0 N–H and O–H groups in total. The average molecular weight is 410 g/mol. The molecule has 1 aliphatic heterocycles. The van der Waals surface area contributed by atoms with E-state index < -0.39 is 5.97 Å². The molecule has 1 saturated heterocycles. The summed E-state index contributed by atoms with van der Waals surface area (Å²) in [4.78, 5) is 30.1. The zero-order chi connectivity index (χ0) is 21.1. The minimum absolute atomic E-state index is 0.178. The third kappa shape index (κ3) is 4.11. The second kappa shape index (κ2) is 8.50. The number of morpholine rings is 1. The predicted molar refractivity (Wildman–Crippen MR) is 108 cm³/mol. The van der Waals surface area contributed by atoms with Gasteiger partial charge in [0.05, 0.1) is 25.9 Å². The molecule has 1 aliphatic rings. The highest BCUT2D eigenvalue weighted by molar-refractivity contribution is 5.92. The van der Waals surface area contributed by atoms with E-state index in [-0.39, 0.29) is 12.6 Å². The first-order valence-corrected chi connectivity index (χ1v) is 9.59. The van der Waals surface area contributed by atoms with E-state index in [0.717, 1.165) is 22.5 Å². The minimum atomic E-state index is -0.432. The summed E-state index contributed by atoms with van der Waals surface area (Å²) in [5.41, 5.74) is 2.74. The number of carbonyl (C=O) groups excluding carboxylic acids is 2. The Hall–Kier alpha value is -3.46. The van der Waals surface area contributed by atoms with Crippen molar-refractivity contribution in [2.24, 2.45) is 0 Å². The highest BCUT2D eigenvalue weighted by Crippen LogP contribution is 2.26. The van der Waals surface area contributed by atoms with Gasteiger partial charge in [-0.15, -0.1) is 5.10 Å². The van der Waals surface area contributed by atoms with Gasteiger partial charge < -0.3 is 19.1 Å². The molecule has 0 amide bonds. The van der Waals surface area contributed by atoms with Crippen molar-refractivity contribution in [2.75, 3.05) is 38.3 Å². The van der Waals surface area contributed by atoms with Gasteiger partial charge in [0.15, 0.2) is 11.6 Å². The van der Waals surface area contributed by atoms with E-state index in [1.165, 1.54) is 14.0 Å². The number of rotatable bonds is 5. The number of fused-ring (bicyclic) bond motifs is 1. The Kier molecular flexibility index (Phi) is 5.62. The average Bonchev–Trinajstić information content (AvgIpc) is 3.21. The highest BCUT2D eigenvalue weighted by Gasteiger charge is 2.21. The van der Waals surface area contributed by atoms with Crippen molar-refractivity contribution in [1.82, 2.24) is 14.6 Å². The zero-order valence-electron chi connectivity index (χ0n) is 16.8. The molecule has 9 heteroatoms. The molecular weight excluding hydrogens is 388 g/mol. The molecule has 0 spiro atoms. The molecule has 4 rings (SSSR count). The van der Waals surface area contributed by atoms with Gasteiger partial charge in [0.2, 0.25) is 0 Å². The molecule has 0 saturated carbocycles. The van der Waals surface area contributed by atoms with E-state index in [4.69, 9.17) is 19.2 Å². The van der Waals surface area contributed by atoms with Gasteiger partial charge in [0, 0.05) is 31.8 Å². The number of benzene rings is 1. The molecule has 0 bridgehead atoms. The maximum atomic E-state index is 12.0. The van der Waals surface area contributed by atoms with Gasteiger partial charge in [-0.1, -0.05) is 18.2 Å². The number of hydrogen-bond donors (Lipinski definition) is 0. The first-order valence-electron chi connectivity index (χ1n) is 9.59. The Balaban J connectivity index is 1.79. The first-order chi connectivity index (χ1) is 14.5. The summed E-state index contributed by atoms with van der Waals surface area (Å²) in [6, 6.07) is 9.26. The standard InChI is InChI=1S/C21H22N4O5/c1-14(26)30-13-15-4-3-5-16(10-15)19-22-20(24-6-8-29-9-7-24)18-11-17(21(27)28-2)12-25(18)23-19/h3-5,10-12H,6-9,13H2,1-2H3. The van der Waals surface area contributed by atoms with Gasteiger partial charge >= 0.3 is 11.9 Å². The van der Waals surface area contributed by atoms with E-state index in [1.807, 2.05) is 24.3 Å². The summed E-state index contributed by atoms with van der Waals surface area (Å²) < 4.78 is 17.1. The highest BCUT2D eigenvalue weighted by atomic mass is 16.5. The molecule has 0 aliphatic carbocycles. The van der Waals surface area contributed by atoms with Crippen molar-refractivity contribution < 1.29 is 23.8 Å². The van der Waals surface area contributed by atoms with Gasteiger partial charge in [-0.2, -0.15) is 0 Å². The summed E-state index contributed by atoms with van der Waals surface area (Å²) in [6.45, 7) is 4.15. The van der Waals surface area contributed by atoms with E-state index in [2.05, 4.69) is 10.00 Å². The normalized spacial score (nSPS) is 14.0. The Labute approximate surface area is 173 Å². The molecule has 2 aromatic heterocycles. The molecule has 3 aromatic rings. The Morgan fingerprint density at radius 1 is 1.20 bits per heavy atom. The largest absolute Gasteiger partial charge is 0.465 e. The number of hydrogen-bond acceptors (Lipinski definition) is 8. The summed E-state index contributed by atoms with van der Waals surface area (Å²) >= 11 is 0. The van der Waals surface area contributed by atoms with E-state index in [9.17, 15) is 9.59 Å². The van der Waals surface area contributed by atoms with Crippen molar-refractivity contribution in [3.63, 3.8) is 0 Å². The molecule has 9 nitrogen and oxygen atoms in total. The van der Waals surface area contributed by atoms with E-state index in [0.29, 0.717) is 37.7 Å². The number of carbonyl (C=O) groups is 2. The lowest BCUT2D eigenvalue weighted by Gasteiger charge is -2.28. The monoisotopic (exact) mass is 410 g/mol. The fourth-order valence-corrected chi connectivity index (χ4v) is 3.33. The SMILES string of the molecule is COC(=O)c1cc2c(N3CCOCC3)nc(-c3cccc(COC(C)=O)c3)nn2c1. The van der Waals surface area contributed by atoms with Crippen molar-refractivity contribution in [3.05, 3.63) is 47.7 Å². The van der Waals surface area contributed by atoms with Crippen molar-refractivity contribution in [3.8, 4) is 11.4 Å². The first kappa shape index (κ1) is 19.8. The minimum Gasteiger partial charge on any atom is -0.465 e. The van der Waals surface area contributed by atoms with Crippen LogP contribution in [-0.2, 0) is 25.6 Å². The van der Waals surface area contributed by atoms with Crippen LogP contribution >= 0.6 is 0 Å². The fourth-order valence-electron chi connectivity index (χ4n) is 3.33. The lowest BCUT2D eigenvalue weighted by Crippen LogP contribution is -2.37. The lowest BCUT2D eigenvalue weighted by atomic mass is 10.1. The van der Waals surface area contributed by atoms with Crippen molar-refractivity contribution in [2.45, 2.75) is 13.5 Å². The Morgan fingerprint density at radius 3 is 2.73 bits per heavy atom. The maximum absolute atomic E-state index is 12.0. The zero-order valence-corrected chi connectivity index (χ0v) is 16.8. The van der Waals surface area contributed by atoms with Crippen LogP contribution in [0.25, 0.3) is 16.9 Å². The third-order valence-corrected chi connectivity index (χ3v) is 4.80. The molecule has 0 radical (unpaired) electrons. The van der Waals surface area contributed by atoms with Gasteiger partial charge in [0.1, 0.15) is 12.1 Å². The van der Waals surface area contributed by atoms with E-state index in [1.54, 1.807) is 16.8 Å². The molecule has 1 aromatic carbocycles. The number of esters is 2. The summed E-state index contributed by atoms with van der Waals surface area (Å²) in [5.74, 6) is 0.457. The summed E-state index contributed by atoms with van der Waals surface area (Å²) in [6.07, 6.45) is 1.64. The lowest BCUT2D eigenvalue weighted by molar-refractivity contribution is -0.142. The predicted octanol–water partition coefficient (Wildman–Crippen LogP) is 2.08. The summed E-state index contributed by atoms with van der Waals surface area (Å²) in [5, 5.41) is 4.61. The second-order valence-electron chi connectivity index (χ2n) is 6.89. The Bertz CT molecular complexity index is 1090. The van der Waals surface area contributed by atoms with Crippen molar-refractivity contribution in [1.29, 1.82) is 0 Å². The quantitative estimate of drug-likeness (QED) is 0.590. The molecule has 0 unspecified atom stereocenters. The van der Waals surface area contributed by atoms with Crippen LogP contribution in [0.3, 0.4) is 0 Å². The van der Waals surface area contributed by atoms with Crippen LogP contribution in [0.1, 0.15) is 22.8 Å². The smallest absolute Gasteiger partial charge is 0.339 e. The summed E-state index contributed by atoms with van der Waals surface area (Å²) in [7, 11) is 1.35. The Morgan fingerprint density at radius 2 is 2.00 bits per heavy atom. The molecule has 30 heavy (non-hydrogen) atoms. The second-order valence-corrected chi connectivity index (χ2v) is 6.89. The molecule has 1 fully saturated rings. The molecular formula is C21H22N4O5. The van der Waals surface area contributed by atoms with Gasteiger partial charge in [-0.25, -0.2) is 14.3 Å². The van der Waals surface area contributed by atoms with Gasteiger partial charge in [0.25, 0.3) is 0 Å². The fraction of sp³-hybridized carbons (Fsp3) is 0.333. The number of aromatic nitrogens is 3. The maximum Gasteiger partial charge on any atom is 0.339 e. The van der Waals surface area contributed by atoms with Crippen LogP contribution in [0.4, 0.5) is 5.82 Å². The number of ether oxygens (including phenoxy) is 3. The van der Waals surface area contributed by atoms with Crippen molar-refractivity contribution >= 4 is 23.3 Å². The van der Waals surface area contributed by atoms with Crippen LogP contribution in [-0.4, -0.2) is 59.9 Å². The number of nitrogens with zero attached hydrogens (tertiary/aromatic N) is 4. The third-order valence-electron chi connectivity index (χ3n) is 4.80. The van der Waals surface area contributed by atoms with Crippen LogP contribution in [0, 0.1) is 0 Å². The van der Waals surface area contributed by atoms with Crippen LogP contribution in [0.2, 0.25) is 0 Å². The number of methoxy groups -OCH3 is 1.